The first-order chi connectivity index (χ1) is 5.29. The molecule has 11 heavy (non-hydrogen) atoms. The minimum Gasteiger partial charge on any atom is -0.867 e. The van der Waals surface area contributed by atoms with E-state index in [0.717, 1.165) is 10.5 Å². The number of hydrogen-bond acceptors (Lipinski definition) is 2. The third-order valence-electron chi connectivity index (χ3n) is 1.63. The molecule has 2 rings (SSSR count). The third kappa shape index (κ3) is 0.886. The largest absolute Gasteiger partial charge is 0.867 e. The van der Waals surface area contributed by atoms with Crippen molar-refractivity contribution in [2.75, 3.05) is 0 Å². The van der Waals surface area contributed by atoms with Crippen LogP contribution in [0.15, 0.2) is 23.7 Å². The second kappa shape index (κ2) is 2.20. The van der Waals surface area contributed by atoms with E-state index in [0.29, 0.717) is 0 Å². The van der Waals surface area contributed by atoms with Crippen LogP contribution >= 0.6 is 11.3 Å². The minimum absolute atomic E-state index is 0.102. The summed E-state index contributed by atoms with van der Waals surface area (Å²) < 4.78 is 1.91. The van der Waals surface area contributed by atoms with Crippen molar-refractivity contribution >= 4 is 16.2 Å². The van der Waals surface area contributed by atoms with Crippen LogP contribution < -0.4 is 9.51 Å². The second-order valence-corrected chi connectivity index (χ2v) is 3.28. The monoisotopic (exact) mass is 165 g/mol. The number of aromatic nitrogens is 1. The molecule has 0 atom stereocenters. The zero-order valence-electron chi connectivity index (χ0n) is 6.07. The summed E-state index contributed by atoms with van der Waals surface area (Å²) in [6.07, 6.45) is 1.91. The average molecular weight is 165 g/mol. The summed E-state index contributed by atoms with van der Waals surface area (Å²) in [4.78, 5) is 0.796. The van der Waals surface area contributed by atoms with Gasteiger partial charge in [-0.25, -0.2) is 0 Å². The molecule has 0 aliphatic rings. The predicted molar refractivity (Wildman–Crippen MR) is 41.7 cm³/mol. The summed E-state index contributed by atoms with van der Waals surface area (Å²) in [7, 11) is 0. The number of hydrogen-bond donors (Lipinski definition) is 0. The van der Waals surface area contributed by atoms with Gasteiger partial charge in [0.05, 0.1) is 5.38 Å². The fourth-order valence-corrected chi connectivity index (χ4v) is 1.96. The SMILES string of the molecule is Cc1csc2c([O-])ccc[n+]12. The Bertz CT molecular complexity index is 394. The van der Waals surface area contributed by atoms with Crippen LogP contribution in [0.5, 0.6) is 5.75 Å². The Morgan fingerprint density at radius 2 is 2.36 bits per heavy atom. The maximum absolute atomic E-state index is 11.2. The maximum Gasteiger partial charge on any atom is 0.259 e. The average Bonchev–Trinajstić information content (AvgIpc) is 2.35. The fraction of sp³-hybridized carbons (Fsp3) is 0.125. The Balaban J connectivity index is 2.94. The molecule has 3 heteroatoms. The molecule has 0 spiro atoms. The van der Waals surface area contributed by atoms with Gasteiger partial charge in [-0.05, 0) is 5.75 Å². The highest BCUT2D eigenvalue weighted by Crippen LogP contribution is 2.16. The third-order valence-corrected chi connectivity index (χ3v) is 2.71. The zero-order chi connectivity index (χ0) is 7.84. The Hall–Kier alpha value is -1.09. The van der Waals surface area contributed by atoms with E-state index >= 15 is 0 Å². The first-order valence-electron chi connectivity index (χ1n) is 3.34. The van der Waals surface area contributed by atoms with E-state index in [9.17, 15) is 5.11 Å². The van der Waals surface area contributed by atoms with Crippen LogP contribution in [0, 0.1) is 6.92 Å². The van der Waals surface area contributed by atoms with Crippen molar-refractivity contribution < 1.29 is 9.51 Å². The van der Waals surface area contributed by atoms with Gasteiger partial charge >= 0.3 is 0 Å². The van der Waals surface area contributed by atoms with Crippen molar-refractivity contribution in [1.82, 2.24) is 0 Å². The Kier molecular flexibility index (Phi) is 1.32. The van der Waals surface area contributed by atoms with Gasteiger partial charge in [0.25, 0.3) is 4.83 Å². The molecule has 0 unspecified atom stereocenters. The molecule has 0 radical (unpaired) electrons. The molecular weight excluding hydrogens is 158 g/mol. The summed E-state index contributed by atoms with van der Waals surface area (Å²) in [5, 5.41) is 13.2. The van der Waals surface area contributed by atoms with E-state index in [1.54, 1.807) is 12.1 Å². The smallest absolute Gasteiger partial charge is 0.259 e. The van der Waals surface area contributed by atoms with Crippen LogP contribution in [0.3, 0.4) is 0 Å². The van der Waals surface area contributed by atoms with Crippen molar-refractivity contribution in [3.63, 3.8) is 0 Å². The second-order valence-electron chi connectivity index (χ2n) is 2.42. The molecule has 0 amide bonds. The molecular formula is C8H7NOS. The van der Waals surface area contributed by atoms with Gasteiger partial charge in [0.1, 0.15) is 0 Å². The van der Waals surface area contributed by atoms with E-state index in [2.05, 4.69) is 0 Å². The number of aryl methyl sites for hydroxylation is 1. The molecule has 0 N–H and O–H groups in total. The Labute approximate surface area is 68.4 Å². The van der Waals surface area contributed by atoms with Gasteiger partial charge in [0, 0.05) is 13.0 Å². The Morgan fingerprint density at radius 1 is 1.55 bits per heavy atom. The normalized spacial score (nSPS) is 10.6. The van der Waals surface area contributed by atoms with E-state index in [1.807, 2.05) is 22.9 Å². The molecule has 0 aliphatic heterocycles. The highest BCUT2D eigenvalue weighted by molar-refractivity contribution is 7.15. The molecule has 0 aliphatic carbocycles. The number of thiazole rings is 1. The topological polar surface area (TPSA) is 27.2 Å². The molecule has 0 fully saturated rings. The van der Waals surface area contributed by atoms with Crippen molar-refractivity contribution in [3.8, 4) is 5.75 Å². The zero-order valence-corrected chi connectivity index (χ0v) is 6.89. The van der Waals surface area contributed by atoms with Gasteiger partial charge in [-0.15, -0.1) is 0 Å². The molecule has 0 bridgehead atoms. The Morgan fingerprint density at radius 3 is 3.09 bits per heavy atom. The highest BCUT2D eigenvalue weighted by Gasteiger charge is 2.06. The van der Waals surface area contributed by atoms with Crippen molar-refractivity contribution in [2.45, 2.75) is 6.92 Å². The van der Waals surface area contributed by atoms with Crippen LogP contribution in [0.25, 0.3) is 4.83 Å². The van der Waals surface area contributed by atoms with Gasteiger partial charge in [-0.2, -0.15) is 4.40 Å². The molecule has 2 nitrogen and oxygen atoms in total. The maximum atomic E-state index is 11.2. The first-order valence-corrected chi connectivity index (χ1v) is 4.22. The van der Waals surface area contributed by atoms with Crippen molar-refractivity contribution in [3.05, 3.63) is 29.4 Å². The quantitative estimate of drug-likeness (QED) is 0.532. The summed E-state index contributed by atoms with van der Waals surface area (Å²) in [5.41, 5.74) is 1.11. The summed E-state index contributed by atoms with van der Waals surface area (Å²) >= 11 is 1.49. The van der Waals surface area contributed by atoms with Gasteiger partial charge in [-0.1, -0.05) is 17.4 Å². The summed E-state index contributed by atoms with van der Waals surface area (Å²) in [5.74, 6) is 0.102. The van der Waals surface area contributed by atoms with Crippen molar-refractivity contribution in [2.24, 2.45) is 0 Å². The van der Waals surface area contributed by atoms with E-state index in [-0.39, 0.29) is 5.75 Å². The lowest BCUT2D eigenvalue weighted by molar-refractivity contribution is -0.518. The number of rotatable bonds is 0. The molecule has 0 aromatic carbocycles. The van der Waals surface area contributed by atoms with Crippen LogP contribution in [-0.4, -0.2) is 0 Å². The molecule has 0 saturated carbocycles. The van der Waals surface area contributed by atoms with E-state index in [4.69, 9.17) is 0 Å². The van der Waals surface area contributed by atoms with Gasteiger partial charge in [0.15, 0.2) is 11.9 Å². The lowest BCUT2D eigenvalue weighted by Crippen LogP contribution is -2.21. The minimum atomic E-state index is 0.102. The number of nitrogens with zero attached hydrogens (tertiary/aromatic N) is 1. The molecule has 0 saturated heterocycles. The summed E-state index contributed by atoms with van der Waals surface area (Å²) in [6.45, 7) is 1.99. The number of pyridine rings is 1. The van der Waals surface area contributed by atoms with Crippen LogP contribution in [0.4, 0.5) is 0 Å². The lowest BCUT2D eigenvalue weighted by Gasteiger charge is -1.98. The highest BCUT2D eigenvalue weighted by atomic mass is 32.1. The standard InChI is InChI=1S/C8H7NOS/c1-6-5-11-8-7(10)3-2-4-9(6)8/h2-5H,1H3. The summed E-state index contributed by atoms with van der Waals surface area (Å²) in [6, 6.07) is 3.36. The van der Waals surface area contributed by atoms with Crippen LogP contribution in [0.2, 0.25) is 0 Å². The van der Waals surface area contributed by atoms with Gasteiger partial charge in [0.2, 0.25) is 0 Å². The van der Waals surface area contributed by atoms with Crippen LogP contribution in [0.1, 0.15) is 5.69 Å². The van der Waals surface area contributed by atoms with Crippen LogP contribution in [-0.2, 0) is 0 Å². The molecule has 2 heterocycles. The first kappa shape index (κ1) is 6.61. The molecule has 2 aromatic heterocycles. The van der Waals surface area contributed by atoms with E-state index < -0.39 is 0 Å². The van der Waals surface area contributed by atoms with E-state index in [1.165, 1.54) is 11.3 Å². The van der Waals surface area contributed by atoms with Gasteiger partial charge in [-0.3, -0.25) is 0 Å². The number of fused-ring (bicyclic) bond motifs is 1. The van der Waals surface area contributed by atoms with Gasteiger partial charge < -0.3 is 5.11 Å². The molecule has 56 valence electrons. The predicted octanol–water partition coefficient (Wildman–Crippen LogP) is 0.869. The lowest BCUT2D eigenvalue weighted by atomic mass is 10.4. The van der Waals surface area contributed by atoms with Crippen molar-refractivity contribution in [1.29, 1.82) is 0 Å². The fourth-order valence-electron chi connectivity index (χ4n) is 1.06. The molecule has 2 aromatic rings.